The molecule has 0 aromatic heterocycles. The van der Waals surface area contributed by atoms with Gasteiger partial charge in [-0.15, -0.1) is 0 Å². The summed E-state index contributed by atoms with van der Waals surface area (Å²) in [6.07, 6.45) is 11.8. The van der Waals surface area contributed by atoms with Crippen molar-refractivity contribution in [2.45, 2.75) is 115 Å². The number of rotatable bonds is 15. The molecule has 0 radical (unpaired) electrons. The first-order chi connectivity index (χ1) is 12.9. The predicted octanol–water partition coefficient (Wildman–Crippen LogP) is 5.09. The van der Waals surface area contributed by atoms with Gasteiger partial charge < -0.3 is 14.9 Å². The second kappa shape index (κ2) is 13.8. The second-order valence-corrected chi connectivity index (χ2v) is 9.60. The van der Waals surface area contributed by atoms with E-state index in [1.165, 1.54) is 12.8 Å². The molecule has 1 rings (SSSR count). The Bertz CT molecular complexity index is 400. The van der Waals surface area contributed by atoms with Crippen LogP contribution >= 0.6 is 11.8 Å². The minimum Gasteiger partial charge on any atom is -0.466 e. The molecule has 1 saturated carbocycles. The van der Waals surface area contributed by atoms with E-state index < -0.39 is 5.60 Å². The van der Waals surface area contributed by atoms with Crippen molar-refractivity contribution in [2.75, 3.05) is 12.4 Å². The van der Waals surface area contributed by atoms with Gasteiger partial charge in [-0.1, -0.05) is 45.4 Å². The largest absolute Gasteiger partial charge is 0.466 e. The van der Waals surface area contributed by atoms with Crippen molar-refractivity contribution in [1.82, 2.24) is 0 Å². The van der Waals surface area contributed by atoms with E-state index >= 15 is 0 Å². The smallest absolute Gasteiger partial charge is 0.305 e. The Balaban J connectivity index is 2.23. The number of unbranched alkanes of at least 4 members (excludes halogenated alkanes) is 5. The van der Waals surface area contributed by atoms with E-state index in [1.807, 2.05) is 25.6 Å². The number of hydrogen-bond acceptors (Lipinski definition) is 5. The third-order valence-electron chi connectivity index (χ3n) is 5.62. The second-order valence-electron chi connectivity index (χ2n) is 8.37. The number of ether oxygens (including phenoxy) is 1. The van der Waals surface area contributed by atoms with Gasteiger partial charge in [0.2, 0.25) is 0 Å². The van der Waals surface area contributed by atoms with Crippen LogP contribution in [0.3, 0.4) is 0 Å². The summed E-state index contributed by atoms with van der Waals surface area (Å²) in [6, 6.07) is 0. The van der Waals surface area contributed by atoms with Gasteiger partial charge in [-0.3, -0.25) is 4.79 Å². The molecule has 4 nitrogen and oxygen atoms in total. The monoisotopic (exact) mass is 402 g/mol. The first-order valence-corrected chi connectivity index (χ1v) is 12.1. The molecule has 1 fully saturated rings. The third kappa shape index (κ3) is 10.7. The maximum atomic E-state index is 11.3. The molecule has 1 aliphatic carbocycles. The Morgan fingerprint density at radius 1 is 1.11 bits per heavy atom. The van der Waals surface area contributed by atoms with Crippen molar-refractivity contribution in [3.05, 3.63) is 0 Å². The Morgan fingerprint density at radius 2 is 1.85 bits per heavy atom. The number of aliphatic hydroxyl groups is 2. The summed E-state index contributed by atoms with van der Waals surface area (Å²) in [5.74, 6) is 1.03. The van der Waals surface area contributed by atoms with Gasteiger partial charge >= 0.3 is 5.97 Å². The lowest BCUT2D eigenvalue weighted by molar-refractivity contribution is -0.143. The summed E-state index contributed by atoms with van der Waals surface area (Å²) in [5, 5.41) is 21.4. The number of hydrogen-bond donors (Lipinski definition) is 2. The number of thioether (sulfide) groups is 1. The number of carbonyl (C=O) groups is 1. The Kier molecular flexibility index (Phi) is 12.7. The van der Waals surface area contributed by atoms with Gasteiger partial charge in [-0.2, -0.15) is 11.8 Å². The molecule has 1 aliphatic rings. The Labute approximate surface area is 170 Å². The van der Waals surface area contributed by atoms with Crippen LogP contribution in [0.25, 0.3) is 0 Å². The Morgan fingerprint density at radius 3 is 2.56 bits per heavy atom. The van der Waals surface area contributed by atoms with Crippen LogP contribution in [0.5, 0.6) is 0 Å². The minimum atomic E-state index is -0.592. The van der Waals surface area contributed by atoms with Crippen molar-refractivity contribution in [3.8, 4) is 0 Å². The number of esters is 1. The standard InChI is InChI=1S/C22H42O4S/c1-4-6-11-16-22(3,25)17-27-20-15-14-19(23)18(20)12-9-7-8-10-13-21(24)26-5-2/h18-20,23,25H,4-17H2,1-3H3. The van der Waals surface area contributed by atoms with Crippen LogP contribution in [0.15, 0.2) is 0 Å². The van der Waals surface area contributed by atoms with Crippen LogP contribution < -0.4 is 0 Å². The zero-order valence-corrected chi connectivity index (χ0v) is 18.6. The summed E-state index contributed by atoms with van der Waals surface area (Å²) in [5.41, 5.74) is -0.592. The molecule has 0 aromatic rings. The molecule has 0 amide bonds. The van der Waals surface area contributed by atoms with Gasteiger partial charge in [-0.05, 0) is 51.9 Å². The molecule has 4 atom stereocenters. The van der Waals surface area contributed by atoms with Crippen LogP contribution in [-0.4, -0.2) is 45.5 Å². The summed E-state index contributed by atoms with van der Waals surface area (Å²) in [4.78, 5) is 11.3. The van der Waals surface area contributed by atoms with E-state index in [1.54, 1.807) is 0 Å². The van der Waals surface area contributed by atoms with Crippen molar-refractivity contribution in [2.24, 2.45) is 5.92 Å². The molecule has 2 N–H and O–H groups in total. The molecular weight excluding hydrogens is 360 g/mol. The third-order valence-corrected chi connectivity index (χ3v) is 7.42. The lowest BCUT2D eigenvalue weighted by Crippen LogP contribution is -2.30. The highest BCUT2D eigenvalue weighted by Crippen LogP contribution is 2.40. The first-order valence-electron chi connectivity index (χ1n) is 11.1. The van der Waals surface area contributed by atoms with Crippen molar-refractivity contribution in [3.63, 3.8) is 0 Å². The van der Waals surface area contributed by atoms with Crippen LogP contribution in [0.2, 0.25) is 0 Å². The summed E-state index contributed by atoms with van der Waals surface area (Å²) in [6.45, 7) is 6.44. The van der Waals surface area contributed by atoms with Gasteiger partial charge in [-0.25, -0.2) is 0 Å². The highest BCUT2D eigenvalue weighted by atomic mass is 32.2. The minimum absolute atomic E-state index is 0.0915. The fraction of sp³-hybridized carbons (Fsp3) is 0.955. The van der Waals surface area contributed by atoms with E-state index in [-0.39, 0.29) is 12.1 Å². The fourth-order valence-corrected chi connectivity index (χ4v) is 5.53. The fourth-order valence-electron chi connectivity index (χ4n) is 3.95. The van der Waals surface area contributed by atoms with Crippen molar-refractivity contribution >= 4 is 17.7 Å². The topological polar surface area (TPSA) is 66.8 Å². The normalized spacial score (nSPS) is 24.7. The molecule has 160 valence electrons. The van der Waals surface area contributed by atoms with Crippen LogP contribution in [0.4, 0.5) is 0 Å². The van der Waals surface area contributed by atoms with Crippen molar-refractivity contribution < 1.29 is 19.7 Å². The average Bonchev–Trinajstić information content (AvgIpc) is 2.97. The van der Waals surface area contributed by atoms with E-state index in [0.29, 0.717) is 24.2 Å². The van der Waals surface area contributed by atoms with E-state index in [4.69, 9.17) is 4.74 Å². The molecule has 4 unspecified atom stereocenters. The SMILES string of the molecule is CCCCCC(C)(O)CSC1CCC(O)C1CCCCCCC(=O)OCC. The van der Waals surface area contributed by atoms with Gasteiger partial charge in [0.05, 0.1) is 18.3 Å². The van der Waals surface area contributed by atoms with Crippen LogP contribution in [-0.2, 0) is 9.53 Å². The maximum Gasteiger partial charge on any atom is 0.305 e. The predicted molar refractivity (Wildman–Crippen MR) is 114 cm³/mol. The zero-order chi connectivity index (χ0) is 20.1. The van der Waals surface area contributed by atoms with E-state index in [0.717, 1.165) is 63.5 Å². The molecule has 0 spiro atoms. The van der Waals surface area contributed by atoms with Gasteiger partial charge in [0.15, 0.2) is 0 Å². The highest BCUT2D eigenvalue weighted by Gasteiger charge is 2.36. The molecule has 0 heterocycles. The van der Waals surface area contributed by atoms with E-state index in [9.17, 15) is 15.0 Å². The van der Waals surface area contributed by atoms with E-state index in [2.05, 4.69) is 6.92 Å². The summed E-state index contributed by atoms with van der Waals surface area (Å²) in [7, 11) is 0. The van der Waals surface area contributed by atoms with Crippen molar-refractivity contribution in [1.29, 1.82) is 0 Å². The van der Waals surface area contributed by atoms with Gasteiger partial charge in [0.1, 0.15) is 0 Å². The molecule has 0 bridgehead atoms. The Hall–Kier alpha value is -0.260. The average molecular weight is 403 g/mol. The molecule has 0 aliphatic heterocycles. The van der Waals surface area contributed by atoms with Gasteiger partial charge in [0, 0.05) is 17.4 Å². The molecule has 27 heavy (non-hydrogen) atoms. The molecule has 0 saturated heterocycles. The maximum absolute atomic E-state index is 11.3. The molecule has 5 heteroatoms. The highest BCUT2D eigenvalue weighted by molar-refractivity contribution is 8.00. The first kappa shape index (κ1) is 24.8. The molecule has 0 aromatic carbocycles. The molecular formula is C22H42O4S. The van der Waals surface area contributed by atoms with Crippen LogP contribution in [0, 0.1) is 5.92 Å². The zero-order valence-electron chi connectivity index (χ0n) is 17.8. The quantitative estimate of drug-likeness (QED) is 0.295. The number of aliphatic hydroxyl groups excluding tert-OH is 1. The van der Waals surface area contributed by atoms with Crippen LogP contribution in [0.1, 0.15) is 97.8 Å². The van der Waals surface area contributed by atoms with Gasteiger partial charge in [0.25, 0.3) is 0 Å². The number of carbonyl (C=O) groups excluding carboxylic acids is 1. The lowest BCUT2D eigenvalue weighted by Gasteiger charge is -2.27. The lowest BCUT2D eigenvalue weighted by atomic mass is 9.97. The summed E-state index contributed by atoms with van der Waals surface area (Å²) < 4.78 is 4.95. The summed E-state index contributed by atoms with van der Waals surface area (Å²) >= 11 is 1.87.